The molecule has 0 unspecified atom stereocenters. The molecule has 3 nitrogen and oxygen atoms in total. The molecule has 0 saturated carbocycles. The molecule has 0 fully saturated rings. The Bertz CT molecular complexity index is 841. The third-order valence-corrected chi connectivity index (χ3v) is 4.05. The summed E-state index contributed by atoms with van der Waals surface area (Å²) >= 11 is 3.09. The number of halogens is 2. The summed E-state index contributed by atoms with van der Waals surface area (Å²) < 4.78 is 15.4. The average Bonchev–Trinajstić information content (AvgIpc) is 2.79. The molecule has 0 bridgehead atoms. The molecule has 0 amide bonds. The monoisotopic (exact) mass is 346 g/mol. The molecule has 0 N–H and O–H groups in total. The predicted molar refractivity (Wildman–Crippen MR) is 82.8 cm³/mol. The van der Waals surface area contributed by atoms with Gasteiger partial charge in [0.15, 0.2) is 5.78 Å². The summed E-state index contributed by atoms with van der Waals surface area (Å²) in [6.45, 7) is 0. The van der Waals surface area contributed by atoms with Crippen LogP contribution in [0.25, 0.3) is 11.0 Å². The van der Waals surface area contributed by atoms with Crippen LogP contribution in [-0.4, -0.2) is 15.3 Å². The molecule has 1 heterocycles. The number of hydrogen-bond donors (Lipinski definition) is 0. The van der Waals surface area contributed by atoms with E-state index in [4.69, 9.17) is 0 Å². The van der Waals surface area contributed by atoms with Crippen LogP contribution in [0.1, 0.15) is 16.2 Å². The van der Waals surface area contributed by atoms with Crippen molar-refractivity contribution in [3.8, 4) is 0 Å². The number of para-hydroxylation sites is 2. The third-order valence-electron chi connectivity index (χ3n) is 3.44. The van der Waals surface area contributed by atoms with Crippen LogP contribution in [0, 0.1) is 5.82 Å². The third kappa shape index (κ3) is 2.61. The van der Waals surface area contributed by atoms with Gasteiger partial charge in [-0.1, -0.05) is 12.1 Å². The van der Waals surface area contributed by atoms with E-state index in [2.05, 4.69) is 20.9 Å². The molecule has 2 aromatic carbocycles. The van der Waals surface area contributed by atoms with Gasteiger partial charge >= 0.3 is 0 Å². The summed E-state index contributed by atoms with van der Waals surface area (Å²) in [5, 5.41) is 0. The summed E-state index contributed by atoms with van der Waals surface area (Å²) in [5.41, 5.74) is 2.32. The van der Waals surface area contributed by atoms with Gasteiger partial charge in [0.2, 0.25) is 0 Å². The molecule has 0 aliphatic rings. The van der Waals surface area contributed by atoms with E-state index in [1.165, 1.54) is 18.2 Å². The van der Waals surface area contributed by atoms with Gasteiger partial charge in [-0.15, -0.1) is 0 Å². The first kappa shape index (κ1) is 13.9. The van der Waals surface area contributed by atoms with Crippen molar-refractivity contribution in [2.75, 3.05) is 0 Å². The average molecular weight is 347 g/mol. The highest BCUT2D eigenvalue weighted by molar-refractivity contribution is 9.10. The van der Waals surface area contributed by atoms with Gasteiger partial charge in [-0.3, -0.25) is 4.79 Å². The molecule has 3 aromatic rings. The number of hydrogen-bond acceptors (Lipinski definition) is 2. The van der Waals surface area contributed by atoms with Crippen LogP contribution in [-0.2, 0) is 13.5 Å². The molecule has 0 radical (unpaired) electrons. The maximum absolute atomic E-state index is 13.2. The fourth-order valence-corrected chi connectivity index (χ4v) is 2.65. The standard InChI is InChI=1S/C16H12BrFN2O/c1-20-14-5-3-2-4-13(14)19-16(20)9-15(21)10-6-7-12(18)11(17)8-10/h2-8H,9H2,1H3. The van der Waals surface area contributed by atoms with Crippen LogP contribution in [0.2, 0.25) is 0 Å². The summed E-state index contributed by atoms with van der Waals surface area (Å²) in [5.74, 6) is 0.227. The lowest BCUT2D eigenvalue weighted by Crippen LogP contribution is -2.08. The van der Waals surface area contributed by atoms with Gasteiger partial charge in [0, 0.05) is 12.6 Å². The van der Waals surface area contributed by atoms with E-state index in [-0.39, 0.29) is 18.0 Å². The molecule has 0 aliphatic heterocycles. The summed E-state index contributed by atoms with van der Waals surface area (Å²) in [4.78, 5) is 16.8. The normalized spacial score (nSPS) is 11.0. The van der Waals surface area contributed by atoms with Gasteiger partial charge in [0.25, 0.3) is 0 Å². The number of carbonyl (C=O) groups excluding carboxylic acids is 1. The minimum absolute atomic E-state index is 0.0888. The van der Waals surface area contributed by atoms with E-state index >= 15 is 0 Å². The Morgan fingerprint density at radius 1 is 1.29 bits per heavy atom. The number of benzene rings is 2. The van der Waals surface area contributed by atoms with Gasteiger partial charge < -0.3 is 4.57 Å². The number of rotatable bonds is 3. The minimum atomic E-state index is -0.380. The zero-order chi connectivity index (χ0) is 15.0. The molecular formula is C16H12BrFN2O. The Morgan fingerprint density at radius 2 is 2.05 bits per heavy atom. The quantitative estimate of drug-likeness (QED) is 0.674. The zero-order valence-corrected chi connectivity index (χ0v) is 12.9. The lowest BCUT2D eigenvalue weighted by atomic mass is 10.1. The Morgan fingerprint density at radius 3 is 2.76 bits per heavy atom. The van der Waals surface area contributed by atoms with Crippen LogP contribution in [0.5, 0.6) is 0 Å². The lowest BCUT2D eigenvalue weighted by Gasteiger charge is -2.03. The molecule has 0 atom stereocenters. The Balaban J connectivity index is 1.92. The van der Waals surface area contributed by atoms with Gasteiger partial charge in [0.1, 0.15) is 11.6 Å². The van der Waals surface area contributed by atoms with Crippen molar-refractivity contribution < 1.29 is 9.18 Å². The van der Waals surface area contributed by atoms with Crippen LogP contribution < -0.4 is 0 Å². The number of Topliss-reactive ketones (excluding diaryl/α,β-unsaturated/α-hetero) is 1. The Kier molecular flexibility index (Phi) is 3.59. The highest BCUT2D eigenvalue weighted by atomic mass is 79.9. The smallest absolute Gasteiger partial charge is 0.170 e. The fourth-order valence-electron chi connectivity index (χ4n) is 2.27. The maximum Gasteiger partial charge on any atom is 0.170 e. The summed E-state index contributed by atoms with van der Waals surface area (Å²) in [7, 11) is 1.89. The van der Waals surface area contributed by atoms with Crippen molar-refractivity contribution in [2.45, 2.75) is 6.42 Å². The maximum atomic E-state index is 13.2. The first-order valence-corrected chi connectivity index (χ1v) is 7.24. The molecule has 0 aliphatic carbocycles. The van der Waals surface area contributed by atoms with E-state index in [9.17, 15) is 9.18 Å². The van der Waals surface area contributed by atoms with E-state index in [1.54, 1.807) is 0 Å². The first-order chi connectivity index (χ1) is 10.1. The zero-order valence-electron chi connectivity index (χ0n) is 11.3. The molecule has 0 saturated heterocycles. The minimum Gasteiger partial charge on any atom is -0.331 e. The van der Waals surface area contributed by atoms with Gasteiger partial charge in [-0.05, 0) is 46.3 Å². The topological polar surface area (TPSA) is 34.9 Å². The number of carbonyl (C=O) groups is 1. The number of ketones is 1. The largest absolute Gasteiger partial charge is 0.331 e. The summed E-state index contributed by atoms with van der Waals surface area (Å²) in [6.07, 6.45) is 0.184. The summed E-state index contributed by atoms with van der Waals surface area (Å²) in [6, 6.07) is 12.0. The molecule has 21 heavy (non-hydrogen) atoms. The van der Waals surface area contributed by atoms with Crippen molar-refractivity contribution in [3.63, 3.8) is 0 Å². The highest BCUT2D eigenvalue weighted by Gasteiger charge is 2.14. The second kappa shape index (κ2) is 5.41. The molecule has 5 heteroatoms. The van der Waals surface area contributed by atoms with Gasteiger partial charge in [0.05, 0.1) is 21.9 Å². The van der Waals surface area contributed by atoms with Crippen molar-refractivity contribution in [1.29, 1.82) is 0 Å². The number of aryl methyl sites for hydroxylation is 1. The number of aromatic nitrogens is 2. The predicted octanol–water partition coefficient (Wildman–Crippen LogP) is 3.90. The fraction of sp³-hybridized carbons (Fsp3) is 0.125. The van der Waals surface area contributed by atoms with Crippen LogP contribution in [0.3, 0.4) is 0 Å². The second-order valence-electron chi connectivity index (χ2n) is 4.80. The highest BCUT2D eigenvalue weighted by Crippen LogP contribution is 2.19. The second-order valence-corrected chi connectivity index (χ2v) is 5.66. The molecule has 0 spiro atoms. The van der Waals surface area contributed by atoms with Crippen molar-refractivity contribution in [3.05, 3.63) is 64.1 Å². The number of nitrogens with zero attached hydrogens (tertiary/aromatic N) is 2. The van der Waals surface area contributed by atoms with Crippen molar-refractivity contribution >= 4 is 32.7 Å². The van der Waals surface area contributed by atoms with Crippen LogP contribution in [0.4, 0.5) is 4.39 Å². The van der Waals surface area contributed by atoms with Crippen LogP contribution >= 0.6 is 15.9 Å². The van der Waals surface area contributed by atoms with E-state index in [1.807, 2.05) is 35.9 Å². The molecule has 106 valence electrons. The Labute approximate surface area is 129 Å². The van der Waals surface area contributed by atoms with E-state index < -0.39 is 0 Å². The lowest BCUT2D eigenvalue weighted by molar-refractivity contribution is 0.0990. The van der Waals surface area contributed by atoms with Crippen molar-refractivity contribution in [1.82, 2.24) is 9.55 Å². The Hall–Kier alpha value is -2.01. The number of fused-ring (bicyclic) bond motifs is 1. The molecule has 3 rings (SSSR count). The number of imidazole rings is 1. The van der Waals surface area contributed by atoms with Gasteiger partial charge in [-0.25, -0.2) is 9.37 Å². The van der Waals surface area contributed by atoms with Gasteiger partial charge in [-0.2, -0.15) is 0 Å². The molecule has 1 aromatic heterocycles. The molecular weight excluding hydrogens is 335 g/mol. The van der Waals surface area contributed by atoms with E-state index in [0.717, 1.165) is 11.0 Å². The van der Waals surface area contributed by atoms with Crippen LogP contribution in [0.15, 0.2) is 46.9 Å². The van der Waals surface area contributed by atoms with E-state index in [0.29, 0.717) is 15.9 Å². The SMILES string of the molecule is Cn1c(CC(=O)c2ccc(F)c(Br)c2)nc2ccccc21. The first-order valence-electron chi connectivity index (χ1n) is 6.45. The van der Waals surface area contributed by atoms with Crippen molar-refractivity contribution in [2.24, 2.45) is 7.05 Å².